The van der Waals surface area contributed by atoms with Crippen LogP contribution in [0.3, 0.4) is 0 Å². The van der Waals surface area contributed by atoms with Gasteiger partial charge in [-0.15, -0.1) is 0 Å². The van der Waals surface area contributed by atoms with Gasteiger partial charge in [0, 0.05) is 37.7 Å². The number of rotatable bonds is 9. The highest BCUT2D eigenvalue weighted by atomic mass is 16.5. The molecule has 1 heterocycles. The van der Waals surface area contributed by atoms with E-state index in [1.807, 2.05) is 18.2 Å². The van der Waals surface area contributed by atoms with Crippen LogP contribution in [0.4, 0.5) is 0 Å². The molecule has 1 saturated heterocycles. The third-order valence-electron chi connectivity index (χ3n) is 6.59. The highest BCUT2D eigenvalue weighted by Crippen LogP contribution is 2.28. The summed E-state index contributed by atoms with van der Waals surface area (Å²) in [7, 11) is 3.28. The molecular weight excluding hydrogens is 364 g/mol. The summed E-state index contributed by atoms with van der Waals surface area (Å²) in [5.74, 6) is 3.20. The molecule has 0 spiro atoms. The van der Waals surface area contributed by atoms with Crippen LogP contribution in [0, 0.1) is 11.8 Å². The van der Waals surface area contributed by atoms with Gasteiger partial charge in [0.1, 0.15) is 11.5 Å². The van der Waals surface area contributed by atoms with Crippen LogP contribution in [0.15, 0.2) is 18.2 Å². The molecule has 1 aromatic rings. The van der Waals surface area contributed by atoms with Crippen molar-refractivity contribution in [1.29, 1.82) is 0 Å². The third-order valence-corrected chi connectivity index (χ3v) is 6.59. The summed E-state index contributed by atoms with van der Waals surface area (Å²) in [6.07, 6.45) is 11.2. The molecule has 5 heteroatoms. The smallest absolute Gasteiger partial charge is 0.220 e. The lowest BCUT2D eigenvalue weighted by Crippen LogP contribution is -2.39. The van der Waals surface area contributed by atoms with Crippen molar-refractivity contribution in [3.05, 3.63) is 23.8 Å². The normalized spacial score (nSPS) is 21.0. The second-order valence-corrected chi connectivity index (χ2v) is 8.77. The first kappa shape index (κ1) is 21.9. The lowest BCUT2D eigenvalue weighted by molar-refractivity contribution is -0.121. The van der Waals surface area contributed by atoms with Crippen molar-refractivity contribution in [3.63, 3.8) is 0 Å². The molecule has 29 heavy (non-hydrogen) atoms. The first-order valence-electron chi connectivity index (χ1n) is 11.4. The number of carbonyl (C=O) groups is 1. The Morgan fingerprint density at radius 2 is 1.86 bits per heavy atom. The predicted octanol–water partition coefficient (Wildman–Crippen LogP) is 4.39. The summed E-state index contributed by atoms with van der Waals surface area (Å²) < 4.78 is 10.6. The number of piperidine rings is 1. The van der Waals surface area contributed by atoms with Gasteiger partial charge in [0.05, 0.1) is 14.2 Å². The summed E-state index contributed by atoms with van der Waals surface area (Å²) in [4.78, 5) is 15.1. The van der Waals surface area contributed by atoms with Crippen molar-refractivity contribution >= 4 is 5.91 Å². The van der Waals surface area contributed by atoms with Crippen molar-refractivity contribution in [2.75, 3.05) is 33.9 Å². The first-order valence-corrected chi connectivity index (χ1v) is 11.4. The van der Waals surface area contributed by atoms with E-state index in [0.717, 1.165) is 29.4 Å². The molecule has 1 aliphatic carbocycles. The van der Waals surface area contributed by atoms with Crippen LogP contribution >= 0.6 is 0 Å². The fraction of sp³-hybridized carbons (Fsp3) is 0.708. The quantitative estimate of drug-likeness (QED) is 0.665. The molecule has 5 nitrogen and oxygen atoms in total. The zero-order valence-electron chi connectivity index (χ0n) is 18.3. The van der Waals surface area contributed by atoms with Gasteiger partial charge in [-0.05, 0) is 62.6 Å². The minimum absolute atomic E-state index is 0.132. The lowest BCUT2D eigenvalue weighted by Gasteiger charge is -2.36. The topological polar surface area (TPSA) is 50.8 Å². The average molecular weight is 403 g/mol. The van der Waals surface area contributed by atoms with Crippen molar-refractivity contribution in [3.8, 4) is 11.5 Å². The van der Waals surface area contributed by atoms with E-state index in [9.17, 15) is 4.79 Å². The third kappa shape index (κ3) is 6.91. The fourth-order valence-corrected chi connectivity index (χ4v) is 4.90. The Bertz CT molecular complexity index is 643. The zero-order valence-corrected chi connectivity index (χ0v) is 18.3. The molecule has 0 radical (unpaired) electrons. The van der Waals surface area contributed by atoms with Gasteiger partial charge in [0.25, 0.3) is 0 Å². The highest BCUT2D eigenvalue weighted by Gasteiger charge is 2.23. The summed E-state index contributed by atoms with van der Waals surface area (Å²) >= 11 is 0. The van der Waals surface area contributed by atoms with Gasteiger partial charge in [-0.1, -0.05) is 19.3 Å². The lowest BCUT2D eigenvalue weighted by atomic mass is 9.87. The molecule has 1 N–H and O–H groups in total. The number of carbonyl (C=O) groups excluding carboxylic acids is 1. The van der Waals surface area contributed by atoms with Crippen LogP contribution in [-0.2, 0) is 11.3 Å². The monoisotopic (exact) mass is 402 g/mol. The summed E-state index contributed by atoms with van der Waals surface area (Å²) in [5, 5.41) is 3.05. The van der Waals surface area contributed by atoms with E-state index in [4.69, 9.17) is 9.47 Å². The Balaban J connectivity index is 1.38. The average Bonchev–Trinajstić information content (AvgIpc) is 2.77. The molecule has 1 amide bonds. The van der Waals surface area contributed by atoms with Crippen molar-refractivity contribution < 1.29 is 14.3 Å². The molecule has 0 bridgehead atoms. The Morgan fingerprint density at radius 3 is 2.62 bits per heavy atom. The Labute approximate surface area is 176 Å². The minimum atomic E-state index is 0.132. The first-order chi connectivity index (χ1) is 14.2. The van der Waals surface area contributed by atoms with Crippen molar-refractivity contribution in [2.24, 2.45) is 11.8 Å². The van der Waals surface area contributed by atoms with Gasteiger partial charge in [0.15, 0.2) is 0 Å². The van der Waals surface area contributed by atoms with Gasteiger partial charge in [-0.25, -0.2) is 0 Å². The number of nitrogens with one attached hydrogen (secondary N) is 1. The number of benzene rings is 1. The van der Waals surface area contributed by atoms with Gasteiger partial charge in [-0.2, -0.15) is 0 Å². The van der Waals surface area contributed by atoms with Crippen LogP contribution in [0.2, 0.25) is 0 Å². The second kappa shape index (κ2) is 11.4. The molecule has 2 fully saturated rings. The Hall–Kier alpha value is -1.75. The van der Waals surface area contributed by atoms with E-state index < -0.39 is 0 Å². The Kier molecular flexibility index (Phi) is 8.66. The maximum Gasteiger partial charge on any atom is 0.220 e. The summed E-state index contributed by atoms with van der Waals surface area (Å²) in [5.41, 5.74) is 0.970. The zero-order chi connectivity index (χ0) is 20.5. The molecule has 3 rings (SSSR count). The molecule has 162 valence electrons. The van der Waals surface area contributed by atoms with Crippen LogP contribution in [0.5, 0.6) is 11.5 Å². The van der Waals surface area contributed by atoms with E-state index in [2.05, 4.69) is 10.2 Å². The number of ether oxygens (including phenoxy) is 2. The maximum absolute atomic E-state index is 12.4. The van der Waals surface area contributed by atoms with E-state index in [1.54, 1.807) is 14.2 Å². The van der Waals surface area contributed by atoms with Gasteiger partial charge in [-0.3, -0.25) is 4.79 Å². The maximum atomic E-state index is 12.4. The molecule has 2 aliphatic rings. The van der Waals surface area contributed by atoms with Gasteiger partial charge in [0.2, 0.25) is 5.91 Å². The number of likely N-dealkylation sites (tertiary alicyclic amines) is 1. The Morgan fingerprint density at radius 1 is 1.07 bits per heavy atom. The van der Waals surface area contributed by atoms with Gasteiger partial charge < -0.3 is 19.7 Å². The molecule has 0 aromatic heterocycles. The number of hydrogen-bond acceptors (Lipinski definition) is 4. The molecule has 0 unspecified atom stereocenters. The SMILES string of the molecule is COc1ccc(CNC(=O)CC[C@@H]2CCCN(CC3CCCCC3)C2)c(OC)c1. The van der Waals surface area contributed by atoms with Crippen LogP contribution < -0.4 is 14.8 Å². The fourth-order valence-electron chi connectivity index (χ4n) is 4.90. The summed E-state index contributed by atoms with van der Waals surface area (Å²) in [6, 6.07) is 5.69. The van der Waals surface area contributed by atoms with Crippen LogP contribution in [-0.4, -0.2) is 44.7 Å². The highest BCUT2D eigenvalue weighted by molar-refractivity contribution is 5.75. The van der Waals surface area contributed by atoms with Crippen LogP contribution in [0.25, 0.3) is 0 Å². The second-order valence-electron chi connectivity index (χ2n) is 8.77. The number of hydrogen-bond donors (Lipinski definition) is 1. The molecular formula is C24H38N2O3. The molecule has 1 atom stereocenters. The number of amides is 1. The summed E-state index contributed by atoms with van der Waals surface area (Å²) in [6.45, 7) is 4.19. The van der Waals surface area contributed by atoms with Crippen LogP contribution in [0.1, 0.15) is 63.4 Å². The van der Waals surface area contributed by atoms with Gasteiger partial charge >= 0.3 is 0 Å². The van der Waals surface area contributed by atoms with E-state index in [0.29, 0.717) is 18.9 Å². The molecule has 1 aliphatic heterocycles. The standard InChI is InChI=1S/C24H38N2O3/c1-28-22-12-11-21(23(15-22)29-2)16-25-24(27)13-10-20-9-6-14-26(18-20)17-19-7-4-3-5-8-19/h11-12,15,19-20H,3-10,13-14,16-18H2,1-2H3,(H,25,27)/t20-/m0/s1. The van der Waals surface area contributed by atoms with E-state index in [1.165, 1.54) is 64.6 Å². The van der Waals surface area contributed by atoms with E-state index >= 15 is 0 Å². The number of nitrogens with zero attached hydrogens (tertiary/aromatic N) is 1. The number of methoxy groups -OCH3 is 2. The largest absolute Gasteiger partial charge is 0.497 e. The van der Waals surface area contributed by atoms with Crippen molar-refractivity contribution in [1.82, 2.24) is 10.2 Å². The predicted molar refractivity (Wildman–Crippen MR) is 116 cm³/mol. The minimum Gasteiger partial charge on any atom is -0.497 e. The van der Waals surface area contributed by atoms with Crippen molar-refractivity contribution in [2.45, 2.75) is 64.3 Å². The molecule has 1 saturated carbocycles. The van der Waals surface area contributed by atoms with E-state index in [-0.39, 0.29) is 5.91 Å². The molecule has 1 aromatic carbocycles.